The predicted octanol–water partition coefficient (Wildman–Crippen LogP) is 2.43. The lowest BCUT2D eigenvalue weighted by molar-refractivity contribution is -0.140. The summed E-state index contributed by atoms with van der Waals surface area (Å²) < 4.78 is 16.4. The molecule has 0 bridgehead atoms. The number of likely N-dealkylation sites (tertiary alicyclic amines) is 1. The average Bonchev–Trinajstić information content (AvgIpc) is 3.40. The summed E-state index contributed by atoms with van der Waals surface area (Å²) in [6.07, 6.45) is 1.49. The van der Waals surface area contributed by atoms with E-state index in [1.807, 2.05) is 6.92 Å². The number of hydrogen-bond acceptors (Lipinski definition) is 7. The lowest BCUT2D eigenvalue weighted by Gasteiger charge is -2.30. The monoisotopic (exact) mass is 426 g/mol. The van der Waals surface area contributed by atoms with E-state index >= 15 is 0 Å². The van der Waals surface area contributed by atoms with Crippen molar-refractivity contribution in [1.29, 1.82) is 0 Å². The summed E-state index contributed by atoms with van der Waals surface area (Å²) in [6.45, 7) is 6.14. The second-order valence-corrected chi connectivity index (χ2v) is 7.42. The molecule has 1 N–H and O–H groups in total. The maximum atomic E-state index is 13.0. The molecule has 0 spiro atoms. The molecule has 1 amide bonds. The van der Waals surface area contributed by atoms with E-state index in [0.717, 1.165) is 13.1 Å². The Kier molecular flexibility index (Phi) is 6.39. The van der Waals surface area contributed by atoms with E-state index in [9.17, 15) is 14.7 Å². The largest absolute Gasteiger partial charge is 0.507 e. The molecule has 2 aliphatic heterocycles. The molecule has 2 saturated heterocycles. The van der Waals surface area contributed by atoms with E-state index in [2.05, 4.69) is 4.90 Å². The van der Waals surface area contributed by atoms with Gasteiger partial charge in [-0.3, -0.25) is 14.5 Å². The quantitative estimate of drug-likeness (QED) is 0.413. The van der Waals surface area contributed by atoms with Crippen LogP contribution < -0.4 is 4.74 Å². The molecule has 0 saturated carbocycles. The molecule has 4 rings (SSSR count). The van der Waals surface area contributed by atoms with Crippen LogP contribution in [0.3, 0.4) is 0 Å². The zero-order chi connectivity index (χ0) is 21.8. The fraction of sp³-hybridized carbons (Fsp3) is 0.391. The van der Waals surface area contributed by atoms with Crippen LogP contribution in [-0.4, -0.2) is 72.6 Å². The second-order valence-electron chi connectivity index (χ2n) is 7.42. The maximum Gasteiger partial charge on any atom is 0.295 e. The Morgan fingerprint density at radius 3 is 2.68 bits per heavy atom. The summed E-state index contributed by atoms with van der Waals surface area (Å²) in [5.41, 5.74) is 0.435. The summed E-state index contributed by atoms with van der Waals surface area (Å²) in [5.74, 6) is -0.596. The number of benzene rings is 1. The van der Waals surface area contributed by atoms with Gasteiger partial charge in [0.15, 0.2) is 0 Å². The standard InChI is InChI=1S/C23H26N2O6/c1-2-30-17-6-3-5-16(15-17)21(26)19-20(18-7-4-12-31-18)25(23(28)22(19)27)9-8-24-10-13-29-14-11-24/h3-7,12,15,20,26H,2,8-11,13-14H2,1H3/t20-/m0/s1. The van der Waals surface area contributed by atoms with E-state index in [4.69, 9.17) is 13.9 Å². The van der Waals surface area contributed by atoms with Crippen molar-refractivity contribution in [3.63, 3.8) is 0 Å². The number of carbonyl (C=O) groups is 2. The first kappa shape index (κ1) is 21.1. The lowest BCUT2D eigenvalue weighted by Crippen LogP contribution is -2.42. The molecule has 8 heteroatoms. The van der Waals surface area contributed by atoms with Crippen molar-refractivity contribution in [2.24, 2.45) is 0 Å². The van der Waals surface area contributed by atoms with E-state index < -0.39 is 17.7 Å². The molecule has 0 aliphatic carbocycles. The molecule has 1 atom stereocenters. The molecular weight excluding hydrogens is 400 g/mol. The van der Waals surface area contributed by atoms with Crippen LogP contribution in [0, 0.1) is 0 Å². The third-order valence-corrected chi connectivity index (χ3v) is 5.53. The van der Waals surface area contributed by atoms with Gasteiger partial charge in [-0.2, -0.15) is 0 Å². The second kappa shape index (κ2) is 9.36. The van der Waals surface area contributed by atoms with Gasteiger partial charge in [0.1, 0.15) is 23.3 Å². The molecule has 0 unspecified atom stereocenters. The molecule has 2 aliphatic rings. The number of Topliss-reactive ketones (excluding diaryl/α,β-unsaturated/α-hetero) is 1. The minimum atomic E-state index is -0.785. The Morgan fingerprint density at radius 1 is 1.16 bits per heavy atom. The van der Waals surface area contributed by atoms with E-state index in [1.54, 1.807) is 36.4 Å². The molecule has 2 fully saturated rings. The van der Waals surface area contributed by atoms with Gasteiger partial charge in [-0.05, 0) is 31.2 Å². The van der Waals surface area contributed by atoms with Crippen molar-refractivity contribution >= 4 is 17.4 Å². The molecule has 3 heterocycles. The van der Waals surface area contributed by atoms with Crippen LogP contribution in [0.25, 0.3) is 5.76 Å². The lowest BCUT2D eigenvalue weighted by atomic mass is 9.99. The van der Waals surface area contributed by atoms with E-state index in [1.165, 1.54) is 11.2 Å². The van der Waals surface area contributed by atoms with Crippen molar-refractivity contribution in [2.75, 3.05) is 46.0 Å². The third kappa shape index (κ3) is 4.35. The fourth-order valence-corrected chi connectivity index (χ4v) is 3.98. The first-order valence-corrected chi connectivity index (χ1v) is 10.4. The Labute approximate surface area is 180 Å². The Morgan fingerprint density at radius 2 is 1.97 bits per heavy atom. The summed E-state index contributed by atoms with van der Waals surface area (Å²) in [4.78, 5) is 29.6. The summed E-state index contributed by atoms with van der Waals surface area (Å²) in [5, 5.41) is 11.1. The topological polar surface area (TPSA) is 92.5 Å². The van der Waals surface area contributed by atoms with Gasteiger partial charge in [0.2, 0.25) is 0 Å². The third-order valence-electron chi connectivity index (χ3n) is 5.53. The Balaban J connectivity index is 1.68. The highest BCUT2D eigenvalue weighted by atomic mass is 16.5. The number of hydrogen-bond donors (Lipinski definition) is 1. The van der Waals surface area contributed by atoms with Crippen molar-refractivity contribution in [2.45, 2.75) is 13.0 Å². The van der Waals surface area contributed by atoms with Gasteiger partial charge < -0.3 is 23.9 Å². The molecule has 1 aromatic heterocycles. The highest BCUT2D eigenvalue weighted by Crippen LogP contribution is 2.39. The summed E-state index contributed by atoms with van der Waals surface area (Å²) >= 11 is 0. The van der Waals surface area contributed by atoms with Gasteiger partial charge in [0.05, 0.1) is 31.7 Å². The van der Waals surface area contributed by atoms with Gasteiger partial charge in [0, 0.05) is 31.7 Å². The van der Waals surface area contributed by atoms with E-state index in [0.29, 0.717) is 50.0 Å². The molecular formula is C23H26N2O6. The number of aliphatic hydroxyl groups excluding tert-OH is 1. The minimum Gasteiger partial charge on any atom is -0.507 e. The molecule has 164 valence electrons. The first-order valence-electron chi connectivity index (χ1n) is 10.4. The number of amides is 1. The number of ether oxygens (including phenoxy) is 2. The van der Waals surface area contributed by atoms with Gasteiger partial charge >= 0.3 is 0 Å². The van der Waals surface area contributed by atoms with Gasteiger partial charge in [-0.25, -0.2) is 0 Å². The van der Waals surface area contributed by atoms with Crippen LogP contribution in [0.15, 0.2) is 52.7 Å². The fourth-order valence-electron chi connectivity index (χ4n) is 3.98. The number of nitrogens with zero attached hydrogens (tertiary/aromatic N) is 2. The molecule has 2 aromatic rings. The zero-order valence-electron chi connectivity index (χ0n) is 17.5. The van der Waals surface area contributed by atoms with Crippen molar-refractivity contribution < 1.29 is 28.6 Å². The maximum absolute atomic E-state index is 13.0. The highest BCUT2D eigenvalue weighted by Gasteiger charge is 2.47. The number of rotatable bonds is 7. The number of morpholine rings is 1. The van der Waals surface area contributed by atoms with Crippen molar-refractivity contribution in [1.82, 2.24) is 9.80 Å². The van der Waals surface area contributed by atoms with Crippen LogP contribution in [0.2, 0.25) is 0 Å². The van der Waals surface area contributed by atoms with Crippen LogP contribution in [0.5, 0.6) is 5.75 Å². The summed E-state index contributed by atoms with van der Waals surface area (Å²) in [6, 6.07) is 9.46. The molecule has 0 radical (unpaired) electrons. The van der Waals surface area contributed by atoms with Crippen molar-refractivity contribution in [3.8, 4) is 5.75 Å². The smallest absolute Gasteiger partial charge is 0.295 e. The van der Waals surface area contributed by atoms with Gasteiger partial charge in [0.25, 0.3) is 11.7 Å². The molecule has 1 aromatic carbocycles. The Hall–Kier alpha value is -3.10. The van der Waals surface area contributed by atoms with Crippen molar-refractivity contribution in [3.05, 3.63) is 59.6 Å². The van der Waals surface area contributed by atoms with Crippen LogP contribution in [0.4, 0.5) is 0 Å². The number of aliphatic hydroxyl groups is 1. The van der Waals surface area contributed by atoms with Crippen LogP contribution in [0.1, 0.15) is 24.3 Å². The van der Waals surface area contributed by atoms with Gasteiger partial charge in [-0.15, -0.1) is 0 Å². The molecule has 31 heavy (non-hydrogen) atoms. The SMILES string of the molecule is CCOc1cccc(C(O)=C2C(=O)C(=O)N(CCN3CCOCC3)[C@H]2c2ccco2)c1. The molecule has 8 nitrogen and oxygen atoms in total. The zero-order valence-corrected chi connectivity index (χ0v) is 17.5. The Bertz CT molecular complexity index is 962. The highest BCUT2D eigenvalue weighted by molar-refractivity contribution is 6.46. The summed E-state index contributed by atoms with van der Waals surface area (Å²) in [7, 11) is 0. The van der Waals surface area contributed by atoms with E-state index in [-0.39, 0.29) is 11.3 Å². The predicted molar refractivity (Wildman–Crippen MR) is 113 cm³/mol. The normalized spacial score (nSPS) is 21.6. The minimum absolute atomic E-state index is 0.0237. The van der Waals surface area contributed by atoms with Crippen LogP contribution in [-0.2, 0) is 14.3 Å². The van der Waals surface area contributed by atoms with Gasteiger partial charge in [-0.1, -0.05) is 12.1 Å². The number of carbonyl (C=O) groups excluding carboxylic acids is 2. The number of ketones is 1. The number of furan rings is 1. The average molecular weight is 426 g/mol. The first-order chi connectivity index (χ1) is 15.1. The van der Waals surface area contributed by atoms with Crippen LogP contribution >= 0.6 is 0 Å².